The van der Waals surface area contributed by atoms with Crippen LogP contribution in [-0.4, -0.2) is 5.48 Å². The average Bonchev–Trinajstić information content (AvgIpc) is 0. The minimum Gasteiger partial charge on any atom is -0.412 e. The van der Waals surface area contributed by atoms with E-state index in [-0.39, 0.29) is 57.3 Å². The standard InChI is InChI=1S/Co.Ni.H2O.V/h;;1H2;. The van der Waals surface area contributed by atoms with Gasteiger partial charge in [-0.2, -0.15) is 0 Å². The molecule has 0 aliphatic carbocycles. The number of hydrogen-bond donors (Lipinski definition) is 0. The molecular formula is H2CoNiOV. The van der Waals surface area contributed by atoms with Crippen LogP contribution in [0.3, 0.4) is 0 Å². The van der Waals surface area contributed by atoms with Crippen LogP contribution in [0.25, 0.3) is 0 Å². The molecule has 4 heavy (non-hydrogen) atoms. The third-order valence-electron chi connectivity index (χ3n) is 0. The van der Waals surface area contributed by atoms with Crippen molar-refractivity contribution in [3.05, 3.63) is 0 Å². The molecule has 0 fully saturated rings. The van der Waals surface area contributed by atoms with Crippen LogP contribution in [0.15, 0.2) is 0 Å². The van der Waals surface area contributed by atoms with E-state index in [0.717, 1.165) is 0 Å². The van der Waals surface area contributed by atoms with Gasteiger partial charge in [-0.15, -0.1) is 0 Å². The zero-order valence-electron chi connectivity index (χ0n) is 1.60. The van der Waals surface area contributed by atoms with E-state index in [1.165, 1.54) is 0 Å². The smallest absolute Gasteiger partial charge is 0 e. The van der Waals surface area contributed by atoms with E-state index in [1.54, 1.807) is 0 Å². The van der Waals surface area contributed by atoms with E-state index in [4.69, 9.17) is 0 Å². The third kappa shape index (κ3) is 9.62. The largest absolute Gasteiger partial charge is 0.412 e. The maximum absolute atomic E-state index is 0. The molecule has 0 aromatic rings. The Bertz CT molecular complexity index is 8.00. The van der Waals surface area contributed by atoms with Crippen LogP contribution in [0.5, 0.6) is 0 Å². The molecule has 0 heterocycles. The Balaban J connectivity index is 0. The Labute approximate surface area is 57.2 Å². The van der Waals surface area contributed by atoms with Gasteiger partial charge in [0.05, 0.1) is 0 Å². The summed E-state index contributed by atoms with van der Waals surface area (Å²) in [5.41, 5.74) is 0. The first-order valence-electron chi connectivity index (χ1n) is 0. The zero-order valence-corrected chi connectivity index (χ0v) is 5.02. The van der Waals surface area contributed by atoms with Gasteiger partial charge in [0.1, 0.15) is 0 Å². The number of hydrogen-bond acceptors (Lipinski definition) is 0. The van der Waals surface area contributed by atoms with Gasteiger partial charge >= 0.3 is 0 Å². The van der Waals surface area contributed by atoms with Crippen LogP contribution >= 0.6 is 0 Å². The first-order valence-corrected chi connectivity index (χ1v) is 0. The van der Waals surface area contributed by atoms with Crippen molar-refractivity contribution in [2.75, 3.05) is 0 Å². The van der Waals surface area contributed by atoms with Crippen molar-refractivity contribution in [3.63, 3.8) is 0 Å². The molecule has 0 saturated carbocycles. The van der Waals surface area contributed by atoms with Crippen LogP contribution < -0.4 is 0 Å². The second kappa shape index (κ2) is 23.9. The molecule has 0 amide bonds. The molecule has 1 nitrogen and oxygen atoms in total. The first kappa shape index (κ1) is 48.0. The van der Waals surface area contributed by atoms with Crippen molar-refractivity contribution in [1.82, 2.24) is 0 Å². The van der Waals surface area contributed by atoms with Gasteiger partial charge in [-0.25, -0.2) is 0 Å². The normalized spacial score (nSPS) is 0. The van der Waals surface area contributed by atoms with Gasteiger partial charge in [0.15, 0.2) is 0 Å². The van der Waals surface area contributed by atoms with E-state index >= 15 is 0 Å². The van der Waals surface area contributed by atoms with Gasteiger partial charge in [-0.1, -0.05) is 0 Å². The van der Waals surface area contributed by atoms with Crippen LogP contribution in [0.1, 0.15) is 0 Å². The van der Waals surface area contributed by atoms with E-state index in [0.29, 0.717) is 0 Å². The Kier molecular flexibility index (Phi) is 287. The maximum atomic E-state index is 0. The molecular weight excluding hydrogens is 185 g/mol. The summed E-state index contributed by atoms with van der Waals surface area (Å²) in [5, 5.41) is 0. The minimum atomic E-state index is 0. The Morgan fingerprint density at radius 2 is 1.00 bits per heavy atom. The fraction of sp³-hybridized carbons (Fsp3) is 0. The summed E-state index contributed by atoms with van der Waals surface area (Å²) in [6.45, 7) is 0. The topological polar surface area (TPSA) is 31.5 Å². The van der Waals surface area contributed by atoms with E-state index < -0.39 is 0 Å². The molecule has 0 atom stereocenters. The predicted octanol–water partition coefficient (Wildman–Crippen LogP) is -0.832. The molecule has 0 spiro atoms. The Morgan fingerprint density at radius 3 is 1.00 bits per heavy atom. The Hall–Kier alpha value is 1.54. The second-order valence-electron chi connectivity index (χ2n) is 0. The summed E-state index contributed by atoms with van der Waals surface area (Å²) in [5.74, 6) is 0. The van der Waals surface area contributed by atoms with E-state index in [1.807, 2.05) is 0 Å². The van der Waals surface area contributed by atoms with Crippen LogP contribution in [-0.2, 0) is 51.8 Å². The zero-order chi connectivity index (χ0) is 0. The van der Waals surface area contributed by atoms with Crippen molar-refractivity contribution >= 4 is 0 Å². The fourth-order valence-corrected chi connectivity index (χ4v) is 0. The average molecular weight is 187 g/mol. The Morgan fingerprint density at radius 1 is 1.00 bits per heavy atom. The number of rotatable bonds is 0. The third-order valence-corrected chi connectivity index (χ3v) is 0. The molecule has 0 saturated heterocycles. The maximum Gasteiger partial charge on any atom is 0 e. The van der Waals surface area contributed by atoms with Crippen molar-refractivity contribution in [2.45, 2.75) is 0 Å². The summed E-state index contributed by atoms with van der Waals surface area (Å²) in [6.07, 6.45) is 0. The molecule has 32 valence electrons. The van der Waals surface area contributed by atoms with Crippen LogP contribution in [0.4, 0.5) is 0 Å². The minimum absolute atomic E-state index is 0. The van der Waals surface area contributed by atoms with Crippen molar-refractivity contribution in [3.8, 4) is 0 Å². The quantitative estimate of drug-likeness (QED) is 0.443. The second-order valence-corrected chi connectivity index (χ2v) is 0. The molecule has 2 radical (unpaired) electrons. The monoisotopic (exact) mass is 186 g/mol. The van der Waals surface area contributed by atoms with Crippen LogP contribution in [0.2, 0.25) is 0 Å². The molecule has 0 bridgehead atoms. The van der Waals surface area contributed by atoms with Crippen molar-refractivity contribution in [2.24, 2.45) is 0 Å². The predicted molar refractivity (Wildman–Crippen MR) is 3.61 cm³/mol. The molecule has 0 aliphatic heterocycles. The molecule has 0 aliphatic rings. The van der Waals surface area contributed by atoms with Gasteiger partial charge in [0.2, 0.25) is 0 Å². The van der Waals surface area contributed by atoms with E-state index in [9.17, 15) is 0 Å². The van der Waals surface area contributed by atoms with Crippen LogP contribution in [0, 0.1) is 0 Å². The fourth-order valence-electron chi connectivity index (χ4n) is 0. The molecule has 0 rings (SSSR count). The summed E-state index contributed by atoms with van der Waals surface area (Å²) in [6, 6.07) is 0. The van der Waals surface area contributed by atoms with Crippen molar-refractivity contribution in [1.29, 1.82) is 0 Å². The molecule has 0 aromatic carbocycles. The van der Waals surface area contributed by atoms with Gasteiger partial charge in [-0.3, -0.25) is 0 Å². The summed E-state index contributed by atoms with van der Waals surface area (Å²) in [7, 11) is 0. The summed E-state index contributed by atoms with van der Waals surface area (Å²) < 4.78 is 0. The SMILES string of the molecule is O.[Co].[Ni].[V]. The van der Waals surface area contributed by atoms with Gasteiger partial charge in [0, 0.05) is 51.8 Å². The summed E-state index contributed by atoms with van der Waals surface area (Å²) >= 11 is 0. The summed E-state index contributed by atoms with van der Waals surface area (Å²) in [4.78, 5) is 0. The molecule has 0 aromatic heterocycles. The molecule has 0 unspecified atom stereocenters. The van der Waals surface area contributed by atoms with E-state index in [2.05, 4.69) is 0 Å². The van der Waals surface area contributed by atoms with Crippen molar-refractivity contribution < 1.29 is 57.3 Å². The van der Waals surface area contributed by atoms with Gasteiger partial charge < -0.3 is 5.48 Å². The first-order chi connectivity index (χ1) is 0. The van der Waals surface area contributed by atoms with Gasteiger partial charge in [-0.05, 0) is 0 Å². The molecule has 4 heteroatoms. The van der Waals surface area contributed by atoms with Gasteiger partial charge in [0.25, 0.3) is 0 Å². The molecule has 2 N–H and O–H groups in total.